The molecule has 3 aromatic rings. The van der Waals surface area contributed by atoms with E-state index in [9.17, 15) is 0 Å². The minimum absolute atomic E-state index is 0.346. The van der Waals surface area contributed by atoms with Gasteiger partial charge < -0.3 is 20.3 Å². The predicted octanol–water partition coefficient (Wildman–Crippen LogP) is 2.98. The van der Waals surface area contributed by atoms with Gasteiger partial charge in [0.2, 0.25) is 0 Å². The van der Waals surface area contributed by atoms with E-state index in [-0.39, 0.29) is 0 Å². The largest absolute Gasteiger partial charge is 0.489 e. The van der Waals surface area contributed by atoms with Crippen molar-refractivity contribution in [3.8, 4) is 22.7 Å². The fourth-order valence-corrected chi connectivity index (χ4v) is 4.67. The third kappa shape index (κ3) is 5.17. The van der Waals surface area contributed by atoms with E-state index in [1.165, 1.54) is 5.69 Å². The third-order valence-electron chi connectivity index (χ3n) is 6.88. The summed E-state index contributed by atoms with van der Waals surface area (Å²) in [6.07, 6.45) is 11.5. The number of hydrogen-bond acceptors (Lipinski definition) is 7. The van der Waals surface area contributed by atoms with E-state index in [0.717, 1.165) is 68.8 Å². The van der Waals surface area contributed by atoms with Crippen LogP contribution in [-0.2, 0) is 0 Å². The van der Waals surface area contributed by atoms with Gasteiger partial charge in [0, 0.05) is 49.7 Å². The van der Waals surface area contributed by atoms with Crippen LogP contribution in [0.25, 0.3) is 16.9 Å². The number of likely N-dealkylation sites (N-methyl/N-ethyl adjacent to an activating group) is 1. The molecule has 0 unspecified atom stereocenters. The monoisotopic (exact) mass is 447 g/mol. The van der Waals surface area contributed by atoms with Crippen LogP contribution in [0.1, 0.15) is 25.7 Å². The number of benzene rings is 1. The predicted molar refractivity (Wildman–Crippen MR) is 130 cm³/mol. The molecule has 0 bridgehead atoms. The zero-order valence-corrected chi connectivity index (χ0v) is 19.3. The number of piperazine rings is 1. The maximum absolute atomic E-state index is 6.16. The van der Waals surface area contributed by atoms with Gasteiger partial charge in [-0.05, 0) is 62.9 Å². The summed E-state index contributed by atoms with van der Waals surface area (Å²) in [6, 6.07) is 8.94. The van der Waals surface area contributed by atoms with Gasteiger partial charge in [-0.2, -0.15) is 5.10 Å². The lowest BCUT2D eigenvalue weighted by Crippen LogP contribution is -2.44. The second-order valence-corrected chi connectivity index (χ2v) is 9.31. The number of ether oxygens (including phenoxy) is 1. The Kier molecular flexibility index (Phi) is 6.55. The van der Waals surface area contributed by atoms with Crippen LogP contribution in [0.3, 0.4) is 0 Å². The molecule has 33 heavy (non-hydrogen) atoms. The fourth-order valence-electron chi connectivity index (χ4n) is 4.67. The first kappa shape index (κ1) is 21.9. The molecule has 1 aromatic carbocycles. The number of nitrogens with zero attached hydrogens (tertiary/aromatic N) is 6. The van der Waals surface area contributed by atoms with Crippen molar-refractivity contribution in [2.24, 2.45) is 11.7 Å². The Labute approximate surface area is 195 Å². The molecule has 5 rings (SSSR count). The van der Waals surface area contributed by atoms with Crippen molar-refractivity contribution in [2.45, 2.75) is 31.7 Å². The number of hydrogen-bond donors (Lipinski definition) is 1. The van der Waals surface area contributed by atoms with E-state index in [1.807, 2.05) is 17.1 Å². The van der Waals surface area contributed by atoms with Gasteiger partial charge in [-0.1, -0.05) is 0 Å². The first-order valence-corrected chi connectivity index (χ1v) is 11.9. The molecule has 8 nitrogen and oxygen atoms in total. The van der Waals surface area contributed by atoms with Gasteiger partial charge in [-0.15, -0.1) is 0 Å². The molecule has 0 amide bonds. The Balaban J connectivity index is 1.27. The Bertz CT molecular complexity index is 1030. The second kappa shape index (κ2) is 9.89. The van der Waals surface area contributed by atoms with Crippen molar-refractivity contribution in [3.05, 3.63) is 49.2 Å². The van der Waals surface area contributed by atoms with E-state index in [4.69, 9.17) is 10.5 Å². The molecular formula is C25H33N7O. The number of rotatable bonds is 6. The molecule has 1 aliphatic heterocycles. The van der Waals surface area contributed by atoms with Crippen molar-refractivity contribution < 1.29 is 4.74 Å². The van der Waals surface area contributed by atoms with E-state index < -0.39 is 0 Å². The van der Waals surface area contributed by atoms with Crippen molar-refractivity contribution in [1.82, 2.24) is 24.6 Å². The number of nitrogens with two attached hydrogens (primary N) is 1. The zero-order valence-electron chi connectivity index (χ0n) is 19.3. The molecule has 1 aliphatic carbocycles. The van der Waals surface area contributed by atoms with E-state index >= 15 is 0 Å². The molecule has 0 atom stereocenters. The molecule has 1 saturated heterocycles. The lowest BCUT2D eigenvalue weighted by molar-refractivity contribution is 0.200. The Morgan fingerprint density at radius 2 is 1.70 bits per heavy atom. The molecule has 1 saturated carbocycles. The quantitative estimate of drug-likeness (QED) is 0.622. The average Bonchev–Trinajstić information content (AvgIpc) is 3.35. The normalized spacial score (nSPS) is 21.8. The van der Waals surface area contributed by atoms with Gasteiger partial charge in [0.1, 0.15) is 12.0 Å². The molecule has 0 spiro atoms. The van der Waals surface area contributed by atoms with Crippen molar-refractivity contribution in [1.29, 1.82) is 0 Å². The number of aromatic nitrogens is 4. The molecule has 2 fully saturated rings. The molecular weight excluding hydrogens is 414 g/mol. The van der Waals surface area contributed by atoms with Gasteiger partial charge in [0.25, 0.3) is 0 Å². The van der Waals surface area contributed by atoms with Crippen LogP contribution in [0.4, 0.5) is 5.69 Å². The SMILES string of the molecule is CN1CCN(c2ccc(-n3cc(-c4ncncc4OCC4CCC(N)CC4)cn3)cc2)CC1. The maximum atomic E-state index is 6.16. The van der Waals surface area contributed by atoms with Crippen molar-refractivity contribution in [3.63, 3.8) is 0 Å². The summed E-state index contributed by atoms with van der Waals surface area (Å²) in [7, 11) is 2.18. The van der Waals surface area contributed by atoms with Crippen LogP contribution in [-0.4, -0.2) is 70.5 Å². The molecule has 2 N–H and O–H groups in total. The van der Waals surface area contributed by atoms with Crippen LogP contribution in [0.15, 0.2) is 49.2 Å². The smallest absolute Gasteiger partial charge is 0.163 e. The minimum Gasteiger partial charge on any atom is -0.489 e. The number of anilines is 1. The maximum Gasteiger partial charge on any atom is 0.163 e. The van der Waals surface area contributed by atoms with Crippen molar-refractivity contribution >= 4 is 5.69 Å². The van der Waals surface area contributed by atoms with Crippen LogP contribution in [0.5, 0.6) is 5.75 Å². The molecule has 0 radical (unpaired) electrons. The summed E-state index contributed by atoms with van der Waals surface area (Å²) in [5, 5.41) is 4.58. The van der Waals surface area contributed by atoms with Crippen LogP contribution < -0.4 is 15.4 Å². The highest BCUT2D eigenvalue weighted by Crippen LogP contribution is 2.30. The van der Waals surface area contributed by atoms with Crippen LogP contribution in [0, 0.1) is 5.92 Å². The van der Waals surface area contributed by atoms with Gasteiger partial charge >= 0.3 is 0 Å². The summed E-state index contributed by atoms with van der Waals surface area (Å²) >= 11 is 0. The summed E-state index contributed by atoms with van der Waals surface area (Å²) in [6.45, 7) is 5.00. The molecule has 2 aliphatic rings. The van der Waals surface area contributed by atoms with Crippen LogP contribution >= 0.6 is 0 Å². The van der Waals surface area contributed by atoms with Gasteiger partial charge in [-0.3, -0.25) is 0 Å². The molecule has 2 aromatic heterocycles. The van der Waals surface area contributed by atoms with Crippen molar-refractivity contribution in [2.75, 3.05) is 44.7 Å². The third-order valence-corrected chi connectivity index (χ3v) is 6.88. The molecule has 3 heterocycles. The Hall–Kier alpha value is -2.97. The average molecular weight is 448 g/mol. The summed E-state index contributed by atoms with van der Waals surface area (Å²) in [5.41, 5.74) is 10.0. The van der Waals surface area contributed by atoms with E-state index in [2.05, 4.69) is 56.2 Å². The second-order valence-electron chi connectivity index (χ2n) is 9.31. The summed E-state index contributed by atoms with van der Waals surface area (Å²) in [5.74, 6) is 1.25. The minimum atomic E-state index is 0.346. The highest BCUT2D eigenvalue weighted by molar-refractivity contribution is 5.64. The molecule has 8 heteroatoms. The topological polar surface area (TPSA) is 85.3 Å². The van der Waals surface area contributed by atoms with Crippen LogP contribution in [0.2, 0.25) is 0 Å². The Morgan fingerprint density at radius 1 is 0.970 bits per heavy atom. The summed E-state index contributed by atoms with van der Waals surface area (Å²) < 4.78 is 8.05. The molecule has 174 valence electrons. The van der Waals surface area contributed by atoms with E-state index in [0.29, 0.717) is 24.3 Å². The lowest BCUT2D eigenvalue weighted by Gasteiger charge is -2.34. The Morgan fingerprint density at radius 3 is 2.45 bits per heavy atom. The fraction of sp³-hybridized carbons (Fsp3) is 0.480. The van der Waals surface area contributed by atoms with E-state index in [1.54, 1.807) is 12.5 Å². The van der Waals surface area contributed by atoms with Gasteiger partial charge in [0.05, 0.1) is 24.7 Å². The van der Waals surface area contributed by atoms with Gasteiger partial charge in [-0.25, -0.2) is 14.6 Å². The standard InChI is InChI=1S/C25H33N7O/c1-30-10-12-31(13-11-30)22-6-8-23(9-7-22)32-16-20(14-29-32)25-24(15-27-18-28-25)33-17-19-2-4-21(26)5-3-19/h6-9,14-16,18-19,21H,2-5,10-13,17,26H2,1H3. The summed E-state index contributed by atoms with van der Waals surface area (Å²) in [4.78, 5) is 13.5. The highest BCUT2D eigenvalue weighted by atomic mass is 16.5. The van der Waals surface area contributed by atoms with Gasteiger partial charge in [0.15, 0.2) is 5.75 Å². The first-order chi connectivity index (χ1) is 16.2. The first-order valence-electron chi connectivity index (χ1n) is 11.9. The lowest BCUT2D eigenvalue weighted by atomic mass is 9.87. The highest BCUT2D eigenvalue weighted by Gasteiger charge is 2.20. The zero-order chi connectivity index (χ0) is 22.6.